The highest BCUT2D eigenvalue weighted by Gasteiger charge is 2.00. The van der Waals surface area contributed by atoms with E-state index in [1.165, 1.54) is 0 Å². The predicted molar refractivity (Wildman–Crippen MR) is 69.8 cm³/mol. The maximum atomic E-state index is 4.34. The van der Waals surface area contributed by atoms with Crippen LogP contribution in [0.1, 0.15) is 0 Å². The van der Waals surface area contributed by atoms with Crippen LogP contribution < -0.4 is 5.32 Å². The van der Waals surface area contributed by atoms with Crippen LogP contribution in [0.5, 0.6) is 0 Å². The maximum absolute atomic E-state index is 4.34. The molecule has 2 aromatic rings. The van der Waals surface area contributed by atoms with Crippen LogP contribution in [0.25, 0.3) is 0 Å². The van der Waals surface area contributed by atoms with Crippen molar-refractivity contribution in [3.63, 3.8) is 0 Å². The molecule has 0 saturated carbocycles. The molecular formula is C11H10BrN3S. The van der Waals surface area contributed by atoms with E-state index in [4.69, 9.17) is 0 Å². The molecule has 16 heavy (non-hydrogen) atoms. The van der Waals surface area contributed by atoms with Crippen molar-refractivity contribution >= 4 is 33.6 Å². The smallest absolute Gasteiger partial charge is 0.223 e. The summed E-state index contributed by atoms with van der Waals surface area (Å²) < 4.78 is 1.08. The Bertz CT molecular complexity index is 473. The van der Waals surface area contributed by atoms with Crippen molar-refractivity contribution in [3.05, 3.63) is 41.0 Å². The van der Waals surface area contributed by atoms with E-state index in [0.717, 1.165) is 14.4 Å². The van der Waals surface area contributed by atoms with Crippen LogP contribution in [-0.4, -0.2) is 17.0 Å². The second-order valence-electron chi connectivity index (χ2n) is 3.02. The van der Waals surface area contributed by atoms with Gasteiger partial charge >= 0.3 is 0 Å². The molecule has 0 radical (unpaired) electrons. The predicted octanol–water partition coefficient (Wildman–Crippen LogP) is 3.43. The number of hydrogen-bond donors (Lipinski definition) is 1. The molecular weight excluding hydrogens is 286 g/mol. The lowest BCUT2D eigenvalue weighted by Gasteiger charge is -2.02. The first-order valence-corrected chi connectivity index (χ1v) is 6.33. The van der Waals surface area contributed by atoms with E-state index in [1.54, 1.807) is 18.0 Å². The van der Waals surface area contributed by atoms with E-state index in [0.29, 0.717) is 5.95 Å². The zero-order valence-corrected chi connectivity index (χ0v) is 11.0. The van der Waals surface area contributed by atoms with Crippen molar-refractivity contribution in [2.75, 3.05) is 12.4 Å². The Balaban J connectivity index is 2.16. The SMILES string of the molecule is CNc1nccc(Sc2ccc(Br)cc2)n1. The molecule has 0 bridgehead atoms. The van der Waals surface area contributed by atoms with Crippen LogP contribution in [-0.2, 0) is 0 Å². The van der Waals surface area contributed by atoms with Gasteiger partial charge in [0, 0.05) is 22.6 Å². The Kier molecular flexibility index (Phi) is 3.79. The van der Waals surface area contributed by atoms with Crippen LogP contribution >= 0.6 is 27.7 Å². The van der Waals surface area contributed by atoms with Gasteiger partial charge < -0.3 is 5.32 Å². The third-order valence-electron chi connectivity index (χ3n) is 1.89. The molecule has 0 aliphatic carbocycles. The number of nitrogens with zero attached hydrogens (tertiary/aromatic N) is 2. The molecule has 82 valence electrons. The van der Waals surface area contributed by atoms with Crippen LogP contribution in [0, 0.1) is 0 Å². The third kappa shape index (κ3) is 2.96. The first-order chi connectivity index (χ1) is 7.78. The Labute approximate surface area is 107 Å². The Morgan fingerprint density at radius 1 is 1.19 bits per heavy atom. The molecule has 0 aliphatic heterocycles. The van der Waals surface area contributed by atoms with E-state index >= 15 is 0 Å². The highest BCUT2D eigenvalue weighted by molar-refractivity contribution is 9.10. The lowest BCUT2D eigenvalue weighted by molar-refractivity contribution is 1.05. The van der Waals surface area contributed by atoms with E-state index in [-0.39, 0.29) is 0 Å². The molecule has 5 heteroatoms. The van der Waals surface area contributed by atoms with Crippen LogP contribution in [0.2, 0.25) is 0 Å². The van der Waals surface area contributed by atoms with Gasteiger partial charge in [-0.1, -0.05) is 27.7 Å². The van der Waals surface area contributed by atoms with E-state index in [9.17, 15) is 0 Å². The van der Waals surface area contributed by atoms with Gasteiger partial charge in [0.25, 0.3) is 0 Å². The van der Waals surface area contributed by atoms with Gasteiger partial charge in [0.1, 0.15) is 5.03 Å². The van der Waals surface area contributed by atoms with Crippen molar-refractivity contribution in [1.82, 2.24) is 9.97 Å². The summed E-state index contributed by atoms with van der Waals surface area (Å²) in [4.78, 5) is 9.56. The molecule has 1 aromatic carbocycles. The summed E-state index contributed by atoms with van der Waals surface area (Å²) in [7, 11) is 1.81. The largest absolute Gasteiger partial charge is 0.357 e. The van der Waals surface area contributed by atoms with Crippen molar-refractivity contribution in [1.29, 1.82) is 0 Å². The zero-order chi connectivity index (χ0) is 11.4. The second kappa shape index (κ2) is 5.32. The molecule has 0 spiro atoms. The van der Waals surface area contributed by atoms with Crippen LogP contribution in [0.15, 0.2) is 50.9 Å². The Hall–Kier alpha value is -1.07. The average Bonchev–Trinajstić information content (AvgIpc) is 2.32. The highest BCUT2D eigenvalue weighted by Crippen LogP contribution is 2.27. The molecule has 0 amide bonds. The number of anilines is 1. The molecule has 0 aliphatic rings. The van der Waals surface area contributed by atoms with Crippen molar-refractivity contribution < 1.29 is 0 Å². The monoisotopic (exact) mass is 295 g/mol. The summed E-state index contributed by atoms with van der Waals surface area (Å²) in [6.07, 6.45) is 1.75. The minimum Gasteiger partial charge on any atom is -0.357 e. The summed E-state index contributed by atoms with van der Waals surface area (Å²) >= 11 is 5.02. The molecule has 3 nitrogen and oxygen atoms in total. The molecule has 0 saturated heterocycles. The number of aromatic nitrogens is 2. The number of halogens is 1. The number of hydrogen-bond acceptors (Lipinski definition) is 4. The summed E-state index contributed by atoms with van der Waals surface area (Å²) in [6.45, 7) is 0. The normalized spacial score (nSPS) is 10.1. The van der Waals surface area contributed by atoms with Gasteiger partial charge in [-0.3, -0.25) is 0 Å². The first kappa shape index (κ1) is 11.4. The molecule has 2 rings (SSSR count). The lowest BCUT2D eigenvalue weighted by Crippen LogP contribution is -1.95. The number of rotatable bonds is 3. The van der Waals surface area contributed by atoms with Gasteiger partial charge in [0.2, 0.25) is 5.95 Å². The Morgan fingerprint density at radius 2 is 1.94 bits per heavy atom. The summed E-state index contributed by atoms with van der Waals surface area (Å²) in [5.41, 5.74) is 0. The van der Waals surface area contributed by atoms with Gasteiger partial charge in [-0.15, -0.1) is 0 Å². The molecule has 0 fully saturated rings. The summed E-state index contributed by atoms with van der Waals surface area (Å²) in [5, 5.41) is 3.85. The molecule has 1 N–H and O–H groups in total. The number of nitrogens with one attached hydrogen (secondary N) is 1. The third-order valence-corrected chi connectivity index (χ3v) is 3.36. The van der Waals surface area contributed by atoms with Crippen LogP contribution in [0.3, 0.4) is 0 Å². The van der Waals surface area contributed by atoms with Gasteiger partial charge in [0.15, 0.2) is 0 Å². The van der Waals surface area contributed by atoms with Crippen molar-refractivity contribution in [3.8, 4) is 0 Å². The van der Waals surface area contributed by atoms with E-state index < -0.39 is 0 Å². The van der Waals surface area contributed by atoms with Gasteiger partial charge in [-0.05, 0) is 30.3 Å². The van der Waals surface area contributed by atoms with Crippen molar-refractivity contribution in [2.24, 2.45) is 0 Å². The zero-order valence-electron chi connectivity index (χ0n) is 8.64. The standard InChI is InChI=1S/C11H10BrN3S/c1-13-11-14-7-6-10(15-11)16-9-4-2-8(12)3-5-9/h2-7H,1H3,(H,13,14,15). The van der Waals surface area contributed by atoms with Crippen molar-refractivity contribution in [2.45, 2.75) is 9.92 Å². The minimum atomic E-state index is 0.641. The second-order valence-corrected chi connectivity index (χ2v) is 5.03. The molecule has 0 atom stereocenters. The van der Waals surface area contributed by atoms with Gasteiger partial charge in [0.05, 0.1) is 0 Å². The summed E-state index contributed by atoms with van der Waals surface area (Å²) in [6, 6.07) is 10.0. The van der Waals surface area contributed by atoms with Crippen LogP contribution in [0.4, 0.5) is 5.95 Å². The first-order valence-electron chi connectivity index (χ1n) is 4.72. The fourth-order valence-electron chi connectivity index (χ4n) is 1.14. The average molecular weight is 296 g/mol. The lowest BCUT2D eigenvalue weighted by atomic mass is 10.4. The fourth-order valence-corrected chi connectivity index (χ4v) is 2.18. The van der Waals surface area contributed by atoms with E-state index in [1.807, 2.05) is 25.2 Å². The van der Waals surface area contributed by atoms with Gasteiger partial charge in [-0.2, -0.15) is 0 Å². The quantitative estimate of drug-likeness (QED) is 0.881. The minimum absolute atomic E-state index is 0.641. The molecule has 1 aromatic heterocycles. The summed E-state index contributed by atoms with van der Waals surface area (Å²) in [5.74, 6) is 0.641. The fraction of sp³-hybridized carbons (Fsp3) is 0.0909. The number of benzene rings is 1. The van der Waals surface area contributed by atoms with E-state index in [2.05, 4.69) is 43.3 Å². The Morgan fingerprint density at radius 3 is 2.62 bits per heavy atom. The molecule has 1 heterocycles. The highest BCUT2D eigenvalue weighted by atomic mass is 79.9. The molecule has 0 unspecified atom stereocenters. The van der Waals surface area contributed by atoms with Gasteiger partial charge in [-0.25, -0.2) is 9.97 Å². The maximum Gasteiger partial charge on any atom is 0.223 e. The topological polar surface area (TPSA) is 37.8 Å².